The van der Waals surface area contributed by atoms with Gasteiger partial charge in [-0.05, 0) is 90.8 Å². The van der Waals surface area contributed by atoms with Crippen LogP contribution in [0.15, 0.2) is 70.7 Å². The van der Waals surface area contributed by atoms with Crippen LogP contribution in [0.3, 0.4) is 0 Å². The Labute approximate surface area is 288 Å². The number of aryl methyl sites for hydroxylation is 1. The summed E-state index contributed by atoms with van der Waals surface area (Å²) in [5.74, 6) is 3.45. The minimum absolute atomic E-state index is 0.170. The van der Waals surface area contributed by atoms with Gasteiger partial charge < -0.3 is 20.3 Å². The first-order valence-electron chi connectivity index (χ1n) is 17.8. The van der Waals surface area contributed by atoms with Gasteiger partial charge in [-0.1, -0.05) is 33.8 Å². The number of aliphatic imine (C=N–C) groups is 1. The second-order valence-electron chi connectivity index (χ2n) is 14.7. The van der Waals surface area contributed by atoms with Gasteiger partial charge in [0.25, 0.3) is 5.56 Å². The fraction of sp³-hybridized carbons (Fsp3) is 0.487. The predicted molar refractivity (Wildman–Crippen MR) is 194 cm³/mol. The topological polar surface area (TPSA) is 96.7 Å². The lowest BCUT2D eigenvalue weighted by atomic mass is 9.45. The van der Waals surface area contributed by atoms with Crippen LogP contribution < -0.4 is 20.9 Å². The van der Waals surface area contributed by atoms with Crippen LogP contribution >= 0.6 is 0 Å². The maximum atomic E-state index is 14.9. The van der Waals surface area contributed by atoms with Crippen LogP contribution in [0.2, 0.25) is 0 Å². The number of hydrogen-bond donors (Lipinski definition) is 2. The summed E-state index contributed by atoms with van der Waals surface area (Å²) in [5, 5.41) is 7.84. The molecule has 4 aromatic rings. The highest BCUT2D eigenvalue weighted by Gasteiger charge is 2.56. The summed E-state index contributed by atoms with van der Waals surface area (Å²) in [6, 6.07) is 14.9. The van der Waals surface area contributed by atoms with Crippen molar-refractivity contribution in [3.05, 3.63) is 82.7 Å². The number of guanidine groups is 1. The second-order valence-corrected chi connectivity index (χ2v) is 14.7. The number of hydrogen-bond acceptors (Lipinski definition) is 6. The van der Waals surface area contributed by atoms with Crippen LogP contribution in [0.1, 0.15) is 52.5 Å². The van der Waals surface area contributed by atoms with E-state index in [2.05, 4.69) is 48.2 Å². The van der Waals surface area contributed by atoms with Crippen molar-refractivity contribution in [1.29, 1.82) is 0 Å². The fourth-order valence-corrected chi connectivity index (χ4v) is 8.38. The molecule has 2 aromatic heterocycles. The van der Waals surface area contributed by atoms with Crippen LogP contribution in [-0.2, 0) is 13.0 Å². The summed E-state index contributed by atoms with van der Waals surface area (Å²) < 4.78 is 21.7. The number of aromatic nitrogens is 3. The van der Waals surface area contributed by atoms with E-state index in [4.69, 9.17) is 14.7 Å². The van der Waals surface area contributed by atoms with Crippen LogP contribution in [0.5, 0.6) is 5.75 Å². The fourth-order valence-electron chi connectivity index (χ4n) is 8.38. The van der Waals surface area contributed by atoms with E-state index in [-0.39, 0.29) is 24.0 Å². The molecule has 258 valence electrons. The minimum Gasteiger partial charge on any atom is -0.497 e. The smallest absolute Gasteiger partial charge is 0.261 e. The van der Waals surface area contributed by atoms with Gasteiger partial charge in [-0.3, -0.25) is 14.3 Å². The Hall–Kier alpha value is -4.31. The molecule has 1 aliphatic heterocycles. The molecule has 0 unspecified atom stereocenters. The third-order valence-corrected chi connectivity index (χ3v) is 11.7. The first kappa shape index (κ1) is 33.2. The zero-order valence-corrected chi connectivity index (χ0v) is 29.2. The summed E-state index contributed by atoms with van der Waals surface area (Å²) in [7, 11) is 1.51. The van der Waals surface area contributed by atoms with Crippen molar-refractivity contribution in [3.8, 4) is 17.1 Å². The van der Waals surface area contributed by atoms with Gasteiger partial charge in [-0.15, -0.1) is 0 Å². The number of pyridine rings is 1. The Balaban J connectivity index is 1.23. The van der Waals surface area contributed by atoms with Gasteiger partial charge in [0.2, 0.25) is 0 Å². The highest BCUT2D eigenvalue weighted by Crippen LogP contribution is 2.61. The molecule has 4 fully saturated rings. The second kappa shape index (κ2) is 13.5. The quantitative estimate of drug-likeness (QED) is 0.167. The third-order valence-electron chi connectivity index (χ3n) is 11.7. The minimum atomic E-state index is -0.363. The molecule has 0 spiro atoms. The zero-order chi connectivity index (χ0) is 34.3. The number of anilines is 1. The van der Waals surface area contributed by atoms with E-state index in [0.29, 0.717) is 57.8 Å². The molecular formula is C39H48FN7O2. The number of rotatable bonds is 8. The Morgan fingerprint density at radius 3 is 2.67 bits per heavy atom. The van der Waals surface area contributed by atoms with Crippen LogP contribution in [-0.4, -0.2) is 64.2 Å². The molecule has 3 heterocycles. The Kier molecular flexibility index (Phi) is 9.17. The third kappa shape index (κ3) is 6.43. The van der Waals surface area contributed by atoms with Crippen molar-refractivity contribution in [1.82, 2.24) is 24.8 Å². The molecule has 8 rings (SSSR count). The molecule has 0 radical (unpaired) electrons. The van der Waals surface area contributed by atoms with Crippen molar-refractivity contribution in [2.45, 2.75) is 72.0 Å². The number of benzene rings is 2. The van der Waals surface area contributed by atoms with E-state index in [0.717, 1.165) is 55.6 Å². The molecule has 2 aromatic carbocycles. The summed E-state index contributed by atoms with van der Waals surface area (Å²) in [4.78, 5) is 31.2. The van der Waals surface area contributed by atoms with Crippen LogP contribution in [0.25, 0.3) is 22.3 Å². The molecule has 3 aliphatic carbocycles. The Morgan fingerprint density at radius 2 is 1.96 bits per heavy atom. The number of nitrogens with zero attached hydrogens (tertiary/aromatic N) is 5. The predicted octanol–water partition coefficient (Wildman–Crippen LogP) is 6.37. The lowest BCUT2D eigenvalue weighted by Gasteiger charge is -2.61. The van der Waals surface area contributed by atoms with Crippen molar-refractivity contribution in [2.24, 2.45) is 28.2 Å². The summed E-state index contributed by atoms with van der Waals surface area (Å²) in [6.45, 7) is 12.4. The monoisotopic (exact) mass is 665 g/mol. The van der Waals surface area contributed by atoms with E-state index in [1.807, 2.05) is 30.3 Å². The normalized spacial score (nSPS) is 24.8. The Bertz CT molecular complexity index is 1910. The van der Waals surface area contributed by atoms with E-state index in [1.165, 1.54) is 19.6 Å². The first-order valence-corrected chi connectivity index (χ1v) is 17.8. The molecule has 1 saturated heterocycles. The average molecular weight is 666 g/mol. The number of ether oxygens (including phenoxy) is 1. The van der Waals surface area contributed by atoms with E-state index < -0.39 is 0 Å². The molecule has 3 saturated carbocycles. The van der Waals surface area contributed by atoms with Crippen LogP contribution in [0.4, 0.5) is 10.1 Å². The number of methoxy groups -OCH3 is 1. The number of piperazine rings is 1. The van der Waals surface area contributed by atoms with Crippen molar-refractivity contribution in [3.63, 3.8) is 0 Å². The maximum Gasteiger partial charge on any atom is 0.261 e. The highest BCUT2D eigenvalue weighted by molar-refractivity contribution is 5.96. The molecular weight excluding hydrogens is 617 g/mol. The number of fused-ring (bicyclic) bond motifs is 3. The number of halogens is 1. The SMILES string of the molecule is CC[C@H]1CN(C(=N[C@H]2C[C@H]3C[C@@H]([C@@H]2C)C3(C)C)Nc2ccc3c(=O)n(CCc4ccc(OC)cc4F)c(-c4ccncc4)nc3c2)CCN1. The van der Waals surface area contributed by atoms with Gasteiger partial charge in [0.15, 0.2) is 5.96 Å². The van der Waals surface area contributed by atoms with Crippen molar-refractivity contribution in [2.75, 3.05) is 32.1 Å². The summed E-state index contributed by atoms with van der Waals surface area (Å²) in [6.07, 6.45) is 7.19. The van der Waals surface area contributed by atoms with Gasteiger partial charge in [-0.25, -0.2) is 14.4 Å². The number of nitrogens with one attached hydrogen (secondary N) is 2. The molecule has 10 heteroatoms. The zero-order valence-electron chi connectivity index (χ0n) is 29.2. The summed E-state index contributed by atoms with van der Waals surface area (Å²) >= 11 is 0. The van der Waals surface area contributed by atoms with Gasteiger partial charge in [0.1, 0.15) is 17.4 Å². The van der Waals surface area contributed by atoms with Gasteiger partial charge >= 0.3 is 0 Å². The standard InChI is InChI=1S/C39H48FN7O2/c1-6-28-23-46(18-16-42-28)38(45-34-20-27-19-32(24(34)2)39(27,3)4)43-29-8-10-31-35(21-29)44-36(26-11-14-41-15-12-26)47(37(31)48)17-13-25-7-9-30(49-5)22-33(25)40/h7-12,14-15,21-22,24,27-28,32,34,42H,6,13,16-20,23H2,1-5H3,(H,43,45)/t24-,27+,28-,32-,34-/m0/s1. The molecule has 5 atom stereocenters. The lowest BCUT2D eigenvalue weighted by Crippen LogP contribution is -2.57. The average Bonchev–Trinajstić information content (AvgIpc) is 3.12. The lowest BCUT2D eigenvalue weighted by molar-refractivity contribution is -0.108. The maximum absolute atomic E-state index is 14.9. The Morgan fingerprint density at radius 1 is 1.14 bits per heavy atom. The molecule has 2 N–H and O–H groups in total. The molecule has 49 heavy (non-hydrogen) atoms. The van der Waals surface area contributed by atoms with E-state index >= 15 is 0 Å². The molecule has 2 bridgehead atoms. The van der Waals surface area contributed by atoms with Gasteiger partial charge in [-0.2, -0.15) is 0 Å². The molecule has 9 nitrogen and oxygen atoms in total. The highest BCUT2D eigenvalue weighted by atomic mass is 19.1. The van der Waals surface area contributed by atoms with Gasteiger partial charge in [0, 0.05) is 61.9 Å². The van der Waals surface area contributed by atoms with Crippen molar-refractivity contribution < 1.29 is 9.13 Å². The largest absolute Gasteiger partial charge is 0.497 e. The van der Waals surface area contributed by atoms with E-state index in [9.17, 15) is 9.18 Å². The van der Waals surface area contributed by atoms with Crippen LogP contribution in [0, 0.1) is 29.0 Å². The first-order chi connectivity index (χ1) is 23.7. The van der Waals surface area contributed by atoms with Gasteiger partial charge in [0.05, 0.1) is 24.1 Å². The molecule has 0 amide bonds. The summed E-state index contributed by atoms with van der Waals surface area (Å²) in [5.41, 5.74) is 2.94. The van der Waals surface area contributed by atoms with E-state index in [1.54, 1.807) is 29.1 Å². The van der Waals surface area contributed by atoms with Crippen molar-refractivity contribution >= 4 is 22.5 Å². The molecule has 4 aliphatic rings.